The molecule has 0 spiro atoms. The predicted molar refractivity (Wildman–Crippen MR) is 150 cm³/mol. The number of nitrogens with zero attached hydrogens (tertiary/aromatic N) is 1. The molecule has 0 bridgehead atoms. The molecule has 39 heavy (non-hydrogen) atoms. The van der Waals surface area contributed by atoms with Gasteiger partial charge in [0.05, 0.1) is 19.9 Å². The first-order chi connectivity index (χ1) is 18.8. The zero-order chi connectivity index (χ0) is 28.2. The second kappa shape index (κ2) is 14.2. The fourth-order valence-electron chi connectivity index (χ4n) is 3.30. The minimum absolute atomic E-state index is 0.212. The van der Waals surface area contributed by atoms with Gasteiger partial charge < -0.3 is 24.8 Å². The fraction of sp³-hybridized carbons (Fsp3) is 0.241. The van der Waals surface area contributed by atoms with Crippen LogP contribution in [0.4, 0.5) is 11.4 Å². The molecule has 0 aliphatic carbocycles. The average molecular weight is 533 g/mol. The number of carbonyl (C=O) groups is 3. The van der Waals surface area contributed by atoms with E-state index in [0.717, 1.165) is 17.5 Å². The lowest BCUT2D eigenvalue weighted by Gasteiger charge is -2.12. The number of ether oxygens (including phenoxy) is 3. The van der Waals surface area contributed by atoms with Crippen LogP contribution < -0.4 is 30.3 Å². The van der Waals surface area contributed by atoms with E-state index in [-0.39, 0.29) is 12.5 Å². The molecule has 3 aromatic rings. The Kier molecular flexibility index (Phi) is 10.4. The van der Waals surface area contributed by atoms with Crippen molar-refractivity contribution in [3.8, 4) is 17.2 Å². The third-order valence-electron chi connectivity index (χ3n) is 5.51. The maximum absolute atomic E-state index is 12.3. The Balaban J connectivity index is 1.49. The molecular formula is C29H32N4O6. The number of nitrogens with one attached hydrogen (secondary N) is 3. The smallest absolute Gasteiger partial charge is 0.329 e. The van der Waals surface area contributed by atoms with E-state index in [1.54, 1.807) is 42.5 Å². The van der Waals surface area contributed by atoms with E-state index >= 15 is 0 Å². The molecule has 204 valence electrons. The van der Waals surface area contributed by atoms with E-state index in [9.17, 15) is 14.4 Å². The highest BCUT2D eigenvalue weighted by molar-refractivity contribution is 6.39. The van der Waals surface area contributed by atoms with Gasteiger partial charge in [-0.3, -0.25) is 14.4 Å². The number of hydrogen-bond donors (Lipinski definition) is 3. The summed E-state index contributed by atoms with van der Waals surface area (Å²) in [5.41, 5.74) is 6.11. The fourth-order valence-corrected chi connectivity index (χ4v) is 3.30. The Morgan fingerprint density at radius 2 is 1.56 bits per heavy atom. The van der Waals surface area contributed by atoms with E-state index in [0.29, 0.717) is 40.8 Å². The van der Waals surface area contributed by atoms with E-state index in [1.807, 2.05) is 39.0 Å². The van der Waals surface area contributed by atoms with Crippen LogP contribution in [0.3, 0.4) is 0 Å². The molecule has 0 saturated heterocycles. The maximum atomic E-state index is 12.3. The number of hydrogen-bond acceptors (Lipinski definition) is 7. The predicted octanol–water partition coefficient (Wildman–Crippen LogP) is 4.21. The molecule has 0 fully saturated rings. The Bertz CT molecular complexity index is 1340. The third-order valence-corrected chi connectivity index (χ3v) is 5.51. The van der Waals surface area contributed by atoms with Crippen LogP contribution in [0.2, 0.25) is 0 Å². The molecule has 0 unspecified atom stereocenters. The summed E-state index contributed by atoms with van der Waals surface area (Å²) in [6, 6.07) is 17.3. The first-order valence-electron chi connectivity index (χ1n) is 12.3. The topological polar surface area (TPSA) is 127 Å². The summed E-state index contributed by atoms with van der Waals surface area (Å²) in [6.45, 7) is 6.37. The monoisotopic (exact) mass is 532 g/mol. The van der Waals surface area contributed by atoms with E-state index in [1.165, 1.54) is 13.3 Å². The molecule has 0 aliphatic heterocycles. The van der Waals surface area contributed by atoms with Crippen LogP contribution in [-0.4, -0.2) is 44.3 Å². The van der Waals surface area contributed by atoms with Crippen LogP contribution >= 0.6 is 0 Å². The Hall–Kier alpha value is -4.86. The summed E-state index contributed by atoms with van der Waals surface area (Å²) < 4.78 is 16.5. The van der Waals surface area contributed by atoms with Gasteiger partial charge in [-0.25, -0.2) is 5.43 Å². The van der Waals surface area contributed by atoms with Crippen molar-refractivity contribution in [1.82, 2.24) is 5.43 Å². The van der Waals surface area contributed by atoms with Gasteiger partial charge in [0.2, 0.25) is 0 Å². The van der Waals surface area contributed by atoms with Crippen LogP contribution in [0, 0.1) is 13.8 Å². The maximum Gasteiger partial charge on any atom is 0.329 e. The molecule has 3 rings (SSSR count). The number of hydrazone groups is 1. The third kappa shape index (κ3) is 8.89. The average Bonchev–Trinajstić information content (AvgIpc) is 2.93. The van der Waals surface area contributed by atoms with Gasteiger partial charge in [-0.15, -0.1) is 0 Å². The summed E-state index contributed by atoms with van der Waals surface area (Å²) in [4.78, 5) is 36.5. The first kappa shape index (κ1) is 28.7. The SMILES string of the molecule is CCCOc1ccc(NC(=O)C(=O)N/N=C\c2ccc(OCC(=O)Nc3ccc(C)c(C)c3)c(OC)c2)cc1. The largest absolute Gasteiger partial charge is 0.494 e. The van der Waals surface area contributed by atoms with Crippen molar-refractivity contribution in [2.75, 3.05) is 31.0 Å². The van der Waals surface area contributed by atoms with Crippen molar-refractivity contribution in [2.24, 2.45) is 5.10 Å². The van der Waals surface area contributed by atoms with Crippen molar-refractivity contribution in [3.05, 3.63) is 77.4 Å². The van der Waals surface area contributed by atoms with Crippen molar-refractivity contribution in [2.45, 2.75) is 27.2 Å². The highest BCUT2D eigenvalue weighted by Gasteiger charge is 2.13. The zero-order valence-corrected chi connectivity index (χ0v) is 22.4. The van der Waals surface area contributed by atoms with Crippen LogP contribution in [-0.2, 0) is 14.4 Å². The molecule has 0 aromatic heterocycles. The van der Waals surface area contributed by atoms with Gasteiger partial charge in [0.25, 0.3) is 5.91 Å². The molecule has 3 amide bonds. The standard InChI is InChI=1S/C29H32N4O6/c1-5-14-38-24-11-9-22(10-12-24)32-28(35)29(36)33-30-17-21-7-13-25(26(16-21)37-4)39-18-27(34)31-23-8-6-19(2)20(3)15-23/h6-13,15-17H,5,14,18H2,1-4H3,(H,31,34)(H,32,35)(H,33,36)/b30-17-. The highest BCUT2D eigenvalue weighted by atomic mass is 16.5. The molecular weight excluding hydrogens is 500 g/mol. The number of rotatable bonds is 11. The number of carbonyl (C=O) groups excluding carboxylic acids is 3. The molecule has 0 atom stereocenters. The van der Waals surface area contributed by atoms with Crippen LogP contribution in [0.1, 0.15) is 30.0 Å². The molecule has 0 aliphatic rings. The summed E-state index contributed by atoms with van der Waals surface area (Å²) in [6.07, 6.45) is 2.24. The molecule has 3 aromatic carbocycles. The number of methoxy groups -OCH3 is 1. The number of aryl methyl sites for hydroxylation is 2. The van der Waals surface area contributed by atoms with Crippen molar-refractivity contribution in [3.63, 3.8) is 0 Å². The van der Waals surface area contributed by atoms with Crippen LogP contribution in [0.25, 0.3) is 0 Å². The second-order valence-corrected chi connectivity index (χ2v) is 8.57. The minimum atomic E-state index is -0.931. The normalized spacial score (nSPS) is 10.6. The number of anilines is 2. The lowest BCUT2D eigenvalue weighted by atomic mass is 10.1. The second-order valence-electron chi connectivity index (χ2n) is 8.57. The van der Waals surface area contributed by atoms with Crippen LogP contribution in [0.5, 0.6) is 17.2 Å². The summed E-state index contributed by atoms with van der Waals surface area (Å²) >= 11 is 0. The van der Waals surface area contributed by atoms with Crippen molar-refractivity contribution in [1.29, 1.82) is 0 Å². The number of benzene rings is 3. The molecule has 10 heteroatoms. The van der Waals surface area contributed by atoms with Gasteiger partial charge in [0, 0.05) is 11.4 Å². The molecule has 0 heterocycles. The summed E-state index contributed by atoms with van der Waals surface area (Å²) in [5.74, 6) is -0.703. The molecule has 10 nitrogen and oxygen atoms in total. The Morgan fingerprint density at radius 3 is 2.26 bits per heavy atom. The quantitative estimate of drug-likeness (QED) is 0.193. The Morgan fingerprint density at radius 1 is 0.821 bits per heavy atom. The Labute approximate surface area is 227 Å². The molecule has 0 radical (unpaired) electrons. The van der Waals surface area contributed by atoms with Gasteiger partial charge in [-0.1, -0.05) is 13.0 Å². The van der Waals surface area contributed by atoms with Gasteiger partial charge in [-0.05, 0) is 91.6 Å². The lowest BCUT2D eigenvalue weighted by molar-refractivity contribution is -0.136. The number of amides is 3. The molecule has 0 saturated carbocycles. The van der Waals surface area contributed by atoms with Gasteiger partial charge in [0.1, 0.15) is 5.75 Å². The summed E-state index contributed by atoms with van der Waals surface area (Å²) in [5, 5.41) is 9.12. The van der Waals surface area contributed by atoms with Gasteiger partial charge in [-0.2, -0.15) is 5.10 Å². The van der Waals surface area contributed by atoms with E-state index < -0.39 is 11.8 Å². The van der Waals surface area contributed by atoms with Crippen molar-refractivity contribution >= 4 is 35.3 Å². The van der Waals surface area contributed by atoms with Crippen molar-refractivity contribution < 1.29 is 28.6 Å². The lowest BCUT2D eigenvalue weighted by Crippen LogP contribution is -2.32. The molecule has 3 N–H and O–H groups in total. The van der Waals surface area contributed by atoms with Gasteiger partial charge >= 0.3 is 11.8 Å². The minimum Gasteiger partial charge on any atom is -0.494 e. The highest BCUT2D eigenvalue weighted by Crippen LogP contribution is 2.27. The van der Waals surface area contributed by atoms with Crippen LogP contribution in [0.15, 0.2) is 65.8 Å². The van der Waals surface area contributed by atoms with E-state index in [4.69, 9.17) is 14.2 Å². The zero-order valence-electron chi connectivity index (χ0n) is 22.4. The first-order valence-corrected chi connectivity index (χ1v) is 12.3. The summed E-state index contributed by atoms with van der Waals surface area (Å²) in [7, 11) is 1.47. The van der Waals surface area contributed by atoms with Gasteiger partial charge in [0.15, 0.2) is 18.1 Å². The van der Waals surface area contributed by atoms with E-state index in [2.05, 4.69) is 21.2 Å².